The van der Waals surface area contributed by atoms with Crippen molar-refractivity contribution in [1.29, 1.82) is 0 Å². The summed E-state index contributed by atoms with van der Waals surface area (Å²) >= 11 is 1.56. The number of carbonyl (C=O) groups is 1. The molecule has 1 amide bonds. The number of nitrogens with zero attached hydrogens (tertiary/aromatic N) is 1. The monoisotopic (exact) mass is 224 g/mol. The van der Waals surface area contributed by atoms with Gasteiger partial charge < -0.3 is 10.2 Å². The smallest absolute Gasteiger partial charge is 0.254 e. The minimum absolute atomic E-state index is 0.130. The summed E-state index contributed by atoms with van der Waals surface area (Å²) in [5, 5.41) is 7.24. The molecule has 4 heteroatoms. The molecule has 2 heterocycles. The molecule has 2 rings (SSSR count). The zero-order chi connectivity index (χ0) is 10.7. The molecule has 1 aliphatic heterocycles. The van der Waals surface area contributed by atoms with Gasteiger partial charge >= 0.3 is 0 Å². The fourth-order valence-electron chi connectivity index (χ4n) is 1.93. The molecule has 1 aliphatic rings. The van der Waals surface area contributed by atoms with Crippen LogP contribution in [-0.4, -0.2) is 37.0 Å². The quantitative estimate of drug-likeness (QED) is 0.845. The molecule has 0 radical (unpaired) electrons. The van der Waals surface area contributed by atoms with Crippen molar-refractivity contribution in [3.05, 3.63) is 22.4 Å². The summed E-state index contributed by atoms with van der Waals surface area (Å²) in [6, 6.07) is 2.36. The van der Waals surface area contributed by atoms with Crippen LogP contribution in [0.5, 0.6) is 0 Å². The van der Waals surface area contributed by atoms with Gasteiger partial charge in [-0.3, -0.25) is 4.79 Å². The molecule has 0 unspecified atom stereocenters. The Bertz CT molecular complexity index is 317. The van der Waals surface area contributed by atoms with Crippen LogP contribution in [-0.2, 0) is 0 Å². The standard InChI is InChI=1S/C11H16N2OS/c1-13(7-10-3-2-5-12-10)11(14)9-4-6-15-8-9/h4,6,8,10,12H,2-3,5,7H2,1H3/t10-/m0/s1. The Morgan fingerprint density at radius 3 is 3.20 bits per heavy atom. The van der Waals surface area contributed by atoms with Crippen LogP contribution in [0.4, 0.5) is 0 Å². The van der Waals surface area contributed by atoms with Crippen molar-refractivity contribution in [2.45, 2.75) is 18.9 Å². The molecule has 0 spiro atoms. The van der Waals surface area contributed by atoms with E-state index in [0.29, 0.717) is 6.04 Å². The lowest BCUT2D eigenvalue weighted by molar-refractivity contribution is 0.0784. The van der Waals surface area contributed by atoms with Crippen molar-refractivity contribution in [3.8, 4) is 0 Å². The number of carbonyl (C=O) groups excluding carboxylic acids is 1. The van der Waals surface area contributed by atoms with E-state index in [0.717, 1.165) is 18.7 Å². The predicted molar refractivity (Wildman–Crippen MR) is 62.3 cm³/mol. The van der Waals surface area contributed by atoms with E-state index < -0.39 is 0 Å². The molecule has 15 heavy (non-hydrogen) atoms. The van der Waals surface area contributed by atoms with E-state index in [-0.39, 0.29) is 5.91 Å². The number of likely N-dealkylation sites (N-methyl/N-ethyl adjacent to an activating group) is 1. The molecule has 1 aromatic heterocycles. The van der Waals surface area contributed by atoms with Gasteiger partial charge in [0.25, 0.3) is 5.91 Å². The Hall–Kier alpha value is -0.870. The average Bonchev–Trinajstić information content (AvgIpc) is 2.88. The lowest BCUT2D eigenvalue weighted by Gasteiger charge is -2.20. The zero-order valence-corrected chi connectivity index (χ0v) is 9.72. The highest BCUT2D eigenvalue weighted by atomic mass is 32.1. The van der Waals surface area contributed by atoms with E-state index in [9.17, 15) is 4.79 Å². The van der Waals surface area contributed by atoms with Gasteiger partial charge in [0.2, 0.25) is 0 Å². The van der Waals surface area contributed by atoms with Gasteiger partial charge in [0.05, 0.1) is 5.56 Å². The molecule has 0 aliphatic carbocycles. The molecule has 0 aromatic carbocycles. The number of rotatable bonds is 3. The van der Waals surface area contributed by atoms with E-state index in [1.54, 1.807) is 11.3 Å². The fraction of sp³-hybridized carbons (Fsp3) is 0.545. The zero-order valence-electron chi connectivity index (χ0n) is 8.90. The van der Waals surface area contributed by atoms with Crippen molar-refractivity contribution in [3.63, 3.8) is 0 Å². The minimum Gasteiger partial charge on any atom is -0.340 e. The molecule has 1 fully saturated rings. The van der Waals surface area contributed by atoms with Crippen molar-refractivity contribution in [2.75, 3.05) is 20.1 Å². The van der Waals surface area contributed by atoms with Crippen LogP contribution in [0.3, 0.4) is 0 Å². The highest BCUT2D eigenvalue weighted by Gasteiger charge is 2.19. The second-order valence-electron chi connectivity index (χ2n) is 3.99. The van der Waals surface area contributed by atoms with Crippen molar-refractivity contribution >= 4 is 17.2 Å². The van der Waals surface area contributed by atoms with Crippen LogP contribution < -0.4 is 5.32 Å². The summed E-state index contributed by atoms with van der Waals surface area (Å²) in [6.07, 6.45) is 2.41. The fourth-order valence-corrected chi connectivity index (χ4v) is 2.56. The first-order chi connectivity index (χ1) is 7.27. The van der Waals surface area contributed by atoms with Crippen LogP contribution in [0.25, 0.3) is 0 Å². The topological polar surface area (TPSA) is 32.3 Å². The van der Waals surface area contributed by atoms with Crippen LogP contribution in [0.15, 0.2) is 16.8 Å². The van der Waals surface area contributed by atoms with E-state index in [4.69, 9.17) is 0 Å². The maximum Gasteiger partial charge on any atom is 0.254 e. The predicted octanol–water partition coefficient (Wildman–Crippen LogP) is 1.57. The van der Waals surface area contributed by atoms with Gasteiger partial charge in [-0.15, -0.1) is 0 Å². The lowest BCUT2D eigenvalue weighted by Crippen LogP contribution is -2.38. The molecule has 1 atom stereocenters. The second-order valence-corrected chi connectivity index (χ2v) is 4.77. The molecular formula is C11H16N2OS. The van der Waals surface area contributed by atoms with E-state index in [2.05, 4.69) is 5.32 Å². The number of nitrogens with one attached hydrogen (secondary N) is 1. The summed E-state index contributed by atoms with van der Waals surface area (Å²) < 4.78 is 0. The van der Waals surface area contributed by atoms with Gasteiger partial charge in [-0.05, 0) is 30.8 Å². The maximum absolute atomic E-state index is 11.9. The Morgan fingerprint density at radius 1 is 1.73 bits per heavy atom. The normalized spacial score (nSPS) is 20.5. The number of hydrogen-bond acceptors (Lipinski definition) is 3. The number of amides is 1. The molecule has 1 N–H and O–H groups in total. The van der Waals surface area contributed by atoms with E-state index >= 15 is 0 Å². The molecule has 3 nitrogen and oxygen atoms in total. The highest BCUT2D eigenvalue weighted by molar-refractivity contribution is 7.08. The van der Waals surface area contributed by atoms with Gasteiger partial charge in [-0.2, -0.15) is 11.3 Å². The molecule has 0 bridgehead atoms. The summed E-state index contributed by atoms with van der Waals surface area (Å²) in [5.74, 6) is 0.130. The summed E-state index contributed by atoms with van der Waals surface area (Å²) in [4.78, 5) is 13.7. The van der Waals surface area contributed by atoms with Gasteiger partial charge in [0.1, 0.15) is 0 Å². The molecule has 1 aromatic rings. The van der Waals surface area contributed by atoms with Crippen molar-refractivity contribution in [1.82, 2.24) is 10.2 Å². The third-order valence-corrected chi connectivity index (χ3v) is 3.45. The van der Waals surface area contributed by atoms with Crippen LogP contribution in [0, 0.1) is 0 Å². The SMILES string of the molecule is CN(C[C@@H]1CCCN1)C(=O)c1ccsc1. The first kappa shape index (κ1) is 10.6. The van der Waals surface area contributed by atoms with Crippen LogP contribution in [0.1, 0.15) is 23.2 Å². The summed E-state index contributed by atoms with van der Waals surface area (Å²) in [5.41, 5.74) is 0.806. The van der Waals surface area contributed by atoms with Crippen molar-refractivity contribution in [2.24, 2.45) is 0 Å². The number of hydrogen-bond donors (Lipinski definition) is 1. The van der Waals surface area contributed by atoms with Gasteiger partial charge in [0.15, 0.2) is 0 Å². The third kappa shape index (κ3) is 2.58. The summed E-state index contributed by atoms with van der Waals surface area (Å²) in [7, 11) is 1.88. The van der Waals surface area contributed by atoms with Crippen molar-refractivity contribution < 1.29 is 4.79 Å². The first-order valence-electron chi connectivity index (χ1n) is 5.28. The number of thiophene rings is 1. The van der Waals surface area contributed by atoms with Gasteiger partial charge in [0, 0.05) is 25.0 Å². The Labute approximate surface area is 94.1 Å². The Balaban J connectivity index is 1.90. The van der Waals surface area contributed by atoms with Gasteiger partial charge in [-0.25, -0.2) is 0 Å². The lowest BCUT2D eigenvalue weighted by atomic mass is 10.2. The van der Waals surface area contributed by atoms with Gasteiger partial charge in [-0.1, -0.05) is 0 Å². The van der Waals surface area contributed by atoms with Crippen LogP contribution >= 0.6 is 11.3 Å². The third-order valence-electron chi connectivity index (χ3n) is 2.77. The van der Waals surface area contributed by atoms with Crippen LogP contribution in [0.2, 0.25) is 0 Å². The average molecular weight is 224 g/mol. The second kappa shape index (κ2) is 4.77. The summed E-state index contributed by atoms with van der Waals surface area (Å²) in [6.45, 7) is 1.90. The van der Waals surface area contributed by atoms with E-state index in [1.807, 2.05) is 28.8 Å². The molecule has 82 valence electrons. The molecular weight excluding hydrogens is 208 g/mol. The first-order valence-corrected chi connectivity index (χ1v) is 6.22. The van der Waals surface area contributed by atoms with E-state index in [1.165, 1.54) is 12.8 Å². The molecule has 1 saturated heterocycles. The largest absolute Gasteiger partial charge is 0.340 e. The molecule has 0 saturated carbocycles. The maximum atomic E-state index is 11.9. The highest BCUT2D eigenvalue weighted by Crippen LogP contribution is 2.11. The Kier molecular flexibility index (Phi) is 3.38. The minimum atomic E-state index is 0.130. The Morgan fingerprint density at radius 2 is 2.60 bits per heavy atom.